The van der Waals surface area contributed by atoms with Gasteiger partial charge in [0.05, 0.1) is 24.9 Å². The average molecular weight is 847 g/mol. The van der Waals surface area contributed by atoms with Crippen LogP contribution in [0.5, 0.6) is 11.5 Å². The van der Waals surface area contributed by atoms with Crippen molar-refractivity contribution in [2.75, 3.05) is 19.0 Å². The lowest BCUT2D eigenvalue weighted by Gasteiger charge is -2.35. The highest BCUT2D eigenvalue weighted by molar-refractivity contribution is 7.14. The van der Waals surface area contributed by atoms with Gasteiger partial charge >= 0.3 is 12.1 Å². The molecule has 4 fully saturated rings. The molecule has 1 aromatic carbocycles. The van der Waals surface area contributed by atoms with Crippen LogP contribution in [0.1, 0.15) is 73.6 Å². The second-order valence-electron chi connectivity index (χ2n) is 17.2. The standard InChI is InChI=1S/C40H49ClF2N6O8S/c1-8-19-15-39(19,35(52)53)48-33(50)27-13-21(16-49(27)34(51)32(38(4,5)6)47-37(54)57-20-11-23-24(12-20)40(23,42)43)56-29-14-25(26-17-58-36(46-26)44-18(2)3)45-31-22(29)9-10-28(55-7)30(31)41/h9-10,14,17-21,23-24,27,32H,8,11-13,15-16H2,1-7H3,(H,44,46)(H,47,54)(H,48,50)(H,52,53)/t19-,20-,21-,23-,24+,27+,32-,39-/m1/s1. The Bertz CT molecular complexity index is 2120. The quantitative estimate of drug-likeness (QED) is 0.143. The lowest BCUT2D eigenvalue weighted by atomic mass is 9.85. The van der Waals surface area contributed by atoms with Gasteiger partial charge in [0, 0.05) is 41.1 Å². The number of rotatable bonds is 13. The Kier molecular flexibility index (Phi) is 11.0. The van der Waals surface area contributed by atoms with E-state index in [1.54, 1.807) is 39.0 Å². The number of nitrogens with zero attached hydrogens (tertiary/aromatic N) is 3. The number of carbonyl (C=O) groups is 4. The molecule has 58 heavy (non-hydrogen) atoms. The van der Waals surface area contributed by atoms with Crippen molar-refractivity contribution < 1.29 is 47.3 Å². The molecule has 8 atom stereocenters. The summed E-state index contributed by atoms with van der Waals surface area (Å²) in [5.41, 5.74) is -0.987. The highest BCUT2D eigenvalue weighted by Gasteiger charge is 2.72. The number of nitrogens with one attached hydrogen (secondary N) is 3. The Morgan fingerprint density at radius 2 is 1.78 bits per heavy atom. The van der Waals surface area contributed by atoms with Gasteiger partial charge in [-0.2, -0.15) is 0 Å². The molecule has 2 aromatic heterocycles. The maximum atomic E-state index is 14.7. The van der Waals surface area contributed by atoms with E-state index < -0.39 is 76.9 Å². The molecule has 3 saturated carbocycles. The Hall–Kier alpha value is -4.51. The minimum atomic E-state index is -2.74. The predicted octanol–water partition coefficient (Wildman–Crippen LogP) is 6.74. The van der Waals surface area contributed by atoms with Gasteiger partial charge in [-0.25, -0.2) is 28.3 Å². The van der Waals surface area contributed by atoms with Crippen LogP contribution in [0, 0.1) is 23.2 Å². The lowest BCUT2D eigenvalue weighted by Crippen LogP contribution is -2.59. The minimum Gasteiger partial charge on any atom is -0.495 e. The number of aromatic nitrogens is 2. The summed E-state index contributed by atoms with van der Waals surface area (Å²) in [4.78, 5) is 65.3. The van der Waals surface area contributed by atoms with E-state index in [-0.39, 0.29) is 49.2 Å². The number of carboxylic acids is 1. The van der Waals surface area contributed by atoms with Crippen molar-refractivity contribution in [1.82, 2.24) is 25.5 Å². The molecule has 14 nitrogen and oxygen atoms in total. The van der Waals surface area contributed by atoms with Gasteiger partial charge in [0.25, 0.3) is 5.92 Å². The summed E-state index contributed by atoms with van der Waals surface area (Å²) in [6.45, 7) is 10.9. The molecule has 7 rings (SSSR count). The number of ether oxygens (including phenoxy) is 3. The highest BCUT2D eigenvalue weighted by atomic mass is 35.5. The second-order valence-corrected chi connectivity index (χ2v) is 18.4. The van der Waals surface area contributed by atoms with Crippen LogP contribution < -0.4 is 25.4 Å². The van der Waals surface area contributed by atoms with E-state index in [4.69, 9.17) is 35.8 Å². The lowest BCUT2D eigenvalue weighted by molar-refractivity contribution is -0.146. The Balaban J connectivity index is 1.19. The Morgan fingerprint density at radius 1 is 1.07 bits per heavy atom. The van der Waals surface area contributed by atoms with Crippen LogP contribution in [0.2, 0.25) is 5.02 Å². The number of alkyl halides is 2. The number of carboxylic acid groups (broad SMARTS) is 1. The van der Waals surface area contributed by atoms with Crippen LogP contribution in [0.25, 0.3) is 22.3 Å². The van der Waals surface area contributed by atoms with E-state index in [1.165, 1.54) is 23.3 Å². The van der Waals surface area contributed by atoms with Crippen LogP contribution in [0.4, 0.5) is 18.7 Å². The summed E-state index contributed by atoms with van der Waals surface area (Å²) in [7, 11) is 1.49. The van der Waals surface area contributed by atoms with Gasteiger partial charge in [0.1, 0.15) is 52.0 Å². The number of carbonyl (C=O) groups excluding carboxylic acids is 3. The zero-order chi connectivity index (χ0) is 42.1. The van der Waals surface area contributed by atoms with Crippen LogP contribution >= 0.6 is 22.9 Å². The predicted molar refractivity (Wildman–Crippen MR) is 212 cm³/mol. The first-order valence-corrected chi connectivity index (χ1v) is 20.8. The number of thiazole rings is 1. The topological polar surface area (TPSA) is 181 Å². The molecule has 0 unspecified atom stereocenters. The van der Waals surface area contributed by atoms with Crippen molar-refractivity contribution in [2.24, 2.45) is 23.2 Å². The van der Waals surface area contributed by atoms with Gasteiger partial charge in [-0.3, -0.25) is 9.59 Å². The molecule has 1 aliphatic heterocycles. The summed E-state index contributed by atoms with van der Waals surface area (Å²) in [6, 6.07) is 2.88. The molecule has 1 saturated heterocycles. The van der Waals surface area contributed by atoms with Gasteiger partial charge in [-0.15, -0.1) is 11.3 Å². The van der Waals surface area contributed by atoms with Crippen molar-refractivity contribution in [3.05, 3.63) is 28.6 Å². The number of pyridine rings is 1. The SMILES string of the molecule is CC[C@@H]1C[C@]1(NC(=O)[C@@H]1C[C@@H](Oc2cc(-c3csc(NC(C)C)n3)nc3c(Cl)c(OC)ccc23)CN1C(=O)[C@@H](NC(=O)O[C@@H]1C[C@@H]2[C@H](C1)C2(F)F)C(C)(C)C)C(=O)O. The van der Waals surface area contributed by atoms with E-state index in [0.29, 0.717) is 45.3 Å². The van der Waals surface area contributed by atoms with Crippen molar-refractivity contribution in [3.63, 3.8) is 0 Å². The smallest absolute Gasteiger partial charge is 0.408 e. The number of halogens is 3. The fraction of sp³-hybridized carbons (Fsp3) is 0.600. The molecule has 0 spiro atoms. The number of anilines is 1. The van der Waals surface area contributed by atoms with Crippen LogP contribution in [0.3, 0.4) is 0 Å². The summed E-state index contributed by atoms with van der Waals surface area (Å²) in [6.07, 6.45) is -1.59. The van der Waals surface area contributed by atoms with Crippen LogP contribution in [0.15, 0.2) is 23.6 Å². The summed E-state index contributed by atoms with van der Waals surface area (Å²) in [5, 5.41) is 22.1. The van der Waals surface area contributed by atoms with Crippen molar-refractivity contribution in [2.45, 2.75) is 115 Å². The highest BCUT2D eigenvalue weighted by Crippen LogP contribution is 2.64. The number of methoxy groups -OCH3 is 1. The van der Waals surface area contributed by atoms with E-state index in [9.17, 15) is 33.1 Å². The Labute approximate surface area is 343 Å². The third kappa shape index (κ3) is 7.83. The first-order valence-electron chi connectivity index (χ1n) is 19.5. The van der Waals surface area contributed by atoms with Crippen molar-refractivity contribution >= 4 is 62.8 Å². The monoisotopic (exact) mass is 846 g/mol. The molecule has 0 radical (unpaired) electrons. The summed E-state index contributed by atoms with van der Waals surface area (Å²) in [5.74, 6) is -6.36. The second kappa shape index (κ2) is 15.3. The average Bonchev–Trinajstić information content (AvgIpc) is 3.58. The summed E-state index contributed by atoms with van der Waals surface area (Å²) >= 11 is 8.21. The first-order chi connectivity index (χ1) is 27.3. The first kappa shape index (κ1) is 41.6. The number of fused-ring (bicyclic) bond motifs is 2. The molecule has 3 aromatic rings. The third-order valence-electron chi connectivity index (χ3n) is 11.8. The number of alkyl carbamates (subject to hydrolysis) is 1. The van der Waals surface area contributed by atoms with Gasteiger partial charge in [-0.05, 0) is 56.6 Å². The van der Waals surface area contributed by atoms with E-state index in [2.05, 4.69) is 16.0 Å². The molecule has 3 aliphatic carbocycles. The van der Waals surface area contributed by atoms with Gasteiger partial charge in [0.2, 0.25) is 11.8 Å². The maximum absolute atomic E-state index is 14.7. The molecule has 4 N–H and O–H groups in total. The normalized spacial score (nSPS) is 27.5. The number of aliphatic carboxylic acids is 1. The van der Waals surface area contributed by atoms with E-state index >= 15 is 0 Å². The molecule has 314 valence electrons. The summed E-state index contributed by atoms with van der Waals surface area (Å²) < 4.78 is 45.3. The molecule has 0 bridgehead atoms. The van der Waals surface area contributed by atoms with Gasteiger partial charge in [0.15, 0.2) is 5.13 Å². The molecule has 3 amide bonds. The molecule has 18 heteroatoms. The number of likely N-dealkylation sites (tertiary alicyclic amines) is 1. The van der Waals surface area contributed by atoms with Crippen molar-refractivity contribution in [1.29, 1.82) is 0 Å². The van der Waals surface area contributed by atoms with Crippen molar-refractivity contribution in [3.8, 4) is 22.9 Å². The minimum absolute atomic E-state index is 0.0212. The molecular formula is C40H49ClF2N6O8S. The van der Waals surface area contributed by atoms with Gasteiger partial charge < -0.3 is 40.2 Å². The zero-order valence-corrected chi connectivity index (χ0v) is 34.9. The largest absolute Gasteiger partial charge is 0.495 e. The molecule has 3 heterocycles. The third-order valence-corrected chi connectivity index (χ3v) is 12.9. The molecular weight excluding hydrogens is 798 g/mol. The zero-order valence-electron chi connectivity index (χ0n) is 33.4. The van der Waals surface area contributed by atoms with Crippen LogP contribution in [-0.2, 0) is 19.1 Å². The fourth-order valence-corrected chi connectivity index (χ4v) is 9.56. The fourth-order valence-electron chi connectivity index (χ4n) is 8.43. The maximum Gasteiger partial charge on any atom is 0.408 e. The van der Waals surface area contributed by atoms with E-state index in [0.717, 1.165) is 0 Å². The van der Waals surface area contributed by atoms with Crippen LogP contribution in [-0.4, -0.2) is 99.3 Å². The van der Waals surface area contributed by atoms with E-state index in [1.807, 2.05) is 26.2 Å². The number of amides is 3. The molecule has 4 aliphatic rings. The Morgan fingerprint density at radius 3 is 2.38 bits per heavy atom. The number of benzene rings is 1. The van der Waals surface area contributed by atoms with Gasteiger partial charge in [-0.1, -0.05) is 45.7 Å². The number of hydrogen-bond acceptors (Lipinski definition) is 11. The number of hydrogen-bond donors (Lipinski definition) is 4.